The van der Waals surface area contributed by atoms with Crippen LogP contribution in [0.4, 0.5) is 0 Å². The van der Waals surface area contributed by atoms with Gasteiger partial charge in [-0.05, 0) is 46.2 Å². The maximum atomic E-state index is 5.35. The van der Waals surface area contributed by atoms with Gasteiger partial charge in [0.2, 0.25) is 5.95 Å². The van der Waals surface area contributed by atoms with Crippen molar-refractivity contribution in [2.45, 2.75) is 0 Å². The van der Waals surface area contributed by atoms with Crippen LogP contribution >= 0.6 is 11.3 Å². The molecule has 6 aromatic carbocycles. The molecule has 0 unspecified atom stereocenters. The van der Waals surface area contributed by atoms with Crippen LogP contribution in [0.15, 0.2) is 146 Å². The van der Waals surface area contributed by atoms with Gasteiger partial charge in [0.1, 0.15) is 11.2 Å². The molecule has 10 rings (SSSR count). The van der Waals surface area contributed by atoms with Crippen LogP contribution in [0, 0.1) is 0 Å². The number of thiophene rings is 1. The topological polar surface area (TPSA) is 43.6 Å². The lowest BCUT2D eigenvalue weighted by Gasteiger charge is -2.12. The molecule has 4 nitrogen and oxygen atoms in total. The van der Waals surface area contributed by atoms with Crippen LogP contribution in [-0.2, 0) is 0 Å². The summed E-state index contributed by atoms with van der Waals surface area (Å²) in [6.45, 7) is 0. The minimum atomic E-state index is 0.642. The zero-order valence-corrected chi connectivity index (χ0v) is 25.4. The summed E-state index contributed by atoms with van der Waals surface area (Å²) in [6, 6.07) is 49.2. The molecule has 0 radical (unpaired) electrons. The Balaban J connectivity index is 1.33. The van der Waals surface area contributed by atoms with E-state index in [-0.39, 0.29) is 0 Å². The number of aromatic nitrogens is 4. The fourth-order valence-corrected chi connectivity index (χ4v) is 8.30. The number of nitrogens with zero attached hydrogens (tertiary/aromatic N) is 4. The standard InChI is InChI=1S/C41H24N4S/c1-2-11-25(12-3-1)26-20-22-27(23-21-26)37-38-32(17-10-24-42-38)43-41(44-37)45-33-18-8-6-15-30(33)35-28-13-4-5-14-29(28)36-31-16-7-9-19-34(31)46-40(36)39(35)45/h1-24H. The Hall–Kier alpha value is -5.91. The molecule has 0 fully saturated rings. The Morgan fingerprint density at radius 2 is 1.15 bits per heavy atom. The van der Waals surface area contributed by atoms with E-state index in [2.05, 4.69) is 126 Å². The highest BCUT2D eigenvalue weighted by molar-refractivity contribution is 7.27. The van der Waals surface area contributed by atoms with Gasteiger partial charge in [-0.25, -0.2) is 9.97 Å². The zero-order chi connectivity index (χ0) is 30.2. The molecule has 4 heterocycles. The average Bonchev–Trinajstić information content (AvgIpc) is 3.69. The lowest BCUT2D eigenvalue weighted by atomic mass is 9.99. The van der Waals surface area contributed by atoms with E-state index in [1.165, 1.54) is 47.3 Å². The maximum Gasteiger partial charge on any atom is 0.235 e. The van der Waals surface area contributed by atoms with E-state index in [0.29, 0.717) is 5.95 Å². The second-order valence-electron chi connectivity index (χ2n) is 11.6. The van der Waals surface area contributed by atoms with E-state index >= 15 is 0 Å². The van der Waals surface area contributed by atoms with Crippen LogP contribution in [0.25, 0.3) is 92.1 Å². The maximum absolute atomic E-state index is 5.35. The van der Waals surface area contributed by atoms with Crippen molar-refractivity contribution in [2.75, 3.05) is 0 Å². The molecule has 0 spiro atoms. The number of pyridine rings is 1. The van der Waals surface area contributed by atoms with E-state index < -0.39 is 0 Å². The van der Waals surface area contributed by atoms with Crippen LogP contribution in [0.1, 0.15) is 0 Å². The highest BCUT2D eigenvalue weighted by Gasteiger charge is 2.23. The first kappa shape index (κ1) is 25.4. The lowest BCUT2D eigenvalue weighted by Crippen LogP contribution is -2.04. The van der Waals surface area contributed by atoms with Crippen LogP contribution < -0.4 is 0 Å². The van der Waals surface area contributed by atoms with E-state index in [4.69, 9.17) is 15.0 Å². The molecule has 4 aromatic heterocycles. The van der Waals surface area contributed by atoms with E-state index in [9.17, 15) is 0 Å². The molecule has 0 saturated heterocycles. The Morgan fingerprint density at radius 1 is 0.500 bits per heavy atom. The summed E-state index contributed by atoms with van der Waals surface area (Å²) in [5.41, 5.74) is 8.00. The summed E-state index contributed by atoms with van der Waals surface area (Å²) in [4.78, 5) is 15.3. The third-order valence-electron chi connectivity index (χ3n) is 9.06. The highest BCUT2D eigenvalue weighted by atomic mass is 32.1. The SMILES string of the molecule is c1ccc(-c2ccc(-c3nc(-n4c5ccccc5c5c6ccccc6c6c7ccccc7sc6c54)nc4cccnc34)cc2)cc1. The van der Waals surface area contributed by atoms with Gasteiger partial charge in [-0.1, -0.05) is 115 Å². The summed E-state index contributed by atoms with van der Waals surface area (Å²) in [5, 5.41) is 7.49. The number of fused-ring (bicyclic) bond motifs is 11. The Morgan fingerprint density at radius 3 is 1.98 bits per heavy atom. The number of rotatable bonds is 3. The fraction of sp³-hybridized carbons (Fsp3) is 0. The molecule has 214 valence electrons. The van der Waals surface area contributed by atoms with E-state index in [0.717, 1.165) is 38.9 Å². The average molecular weight is 605 g/mol. The molecule has 0 saturated carbocycles. The van der Waals surface area contributed by atoms with Crippen LogP contribution in [0.3, 0.4) is 0 Å². The molecule has 0 atom stereocenters. The summed E-state index contributed by atoms with van der Waals surface area (Å²) < 4.78 is 4.80. The predicted octanol–water partition coefficient (Wildman–Crippen LogP) is 11.0. The van der Waals surface area contributed by atoms with Gasteiger partial charge >= 0.3 is 0 Å². The number of hydrogen-bond donors (Lipinski definition) is 0. The molecular formula is C41H24N4S. The summed E-state index contributed by atoms with van der Waals surface area (Å²) in [7, 11) is 0. The molecule has 0 aliphatic carbocycles. The quantitative estimate of drug-likeness (QED) is 0.201. The fourth-order valence-electron chi connectivity index (χ4n) is 7.04. The first-order valence-corrected chi connectivity index (χ1v) is 16.2. The smallest absolute Gasteiger partial charge is 0.235 e. The number of para-hydroxylation sites is 1. The Bertz CT molecular complexity index is 2790. The van der Waals surface area contributed by atoms with Gasteiger partial charge in [0.05, 0.1) is 21.3 Å². The minimum absolute atomic E-state index is 0.642. The molecule has 0 amide bonds. The van der Waals surface area contributed by atoms with Gasteiger partial charge in [0.25, 0.3) is 0 Å². The monoisotopic (exact) mass is 604 g/mol. The summed E-state index contributed by atoms with van der Waals surface area (Å²) in [6.07, 6.45) is 1.82. The summed E-state index contributed by atoms with van der Waals surface area (Å²) >= 11 is 1.85. The van der Waals surface area contributed by atoms with Gasteiger partial charge in [-0.2, -0.15) is 0 Å². The van der Waals surface area contributed by atoms with Gasteiger partial charge in [-0.15, -0.1) is 11.3 Å². The van der Waals surface area contributed by atoms with E-state index in [1.807, 2.05) is 35.7 Å². The Labute approximate surface area is 267 Å². The molecule has 5 heteroatoms. The third kappa shape index (κ3) is 3.63. The summed E-state index contributed by atoms with van der Waals surface area (Å²) in [5.74, 6) is 0.642. The van der Waals surface area contributed by atoms with Crippen molar-refractivity contribution in [1.82, 2.24) is 19.5 Å². The highest BCUT2D eigenvalue weighted by Crippen LogP contribution is 2.47. The minimum Gasteiger partial charge on any atom is -0.276 e. The second-order valence-corrected chi connectivity index (χ2v) is 12.7. The molecular weight excluding hydrogens is 581 g/mol. The van der Waals surface area contributed by atoms with Crippen molar-refractivity contribution < 1.29 is 0 Å². The molecule has 0 aliphatic heterocycles. The first-order chi connectivity index (χ1) is 22.8. The lowest BCUT2D eigenvalue weighted by molar-refractivity contribution is 1.01. The van der Waals surface area contributed by atoms with Crippen LogP contribution in [0.2, 0.25) is 0 Å². The van der Waals surface area contributed by atoms with Crippen molar-refractivity contribution in [3.63, 3.8) is 0 Å². The Kier molecular flexibility index (Phi) is 5.41. The second kappa shape index (κ2) is 9.80. The van der Waals surface area contributed by atoms with Crippen LogP contribution in [0.5, 0.6) is 0 Å². The molecule has 0 aliphatic rings. The third-order valence-corrected chi connectivity index (χ3v) is 10.2. The van der Waals surface area contributed by atoms with Crippen molar-refractivity contribution in [3.8, 4) is 28.3 Å². The van der Waals surface area contributed by atoms with Crippen molar-refractivity contribution in [1.29, 1.82) is 0 Å². The molecule has 0 N–H and O–H groups in total. The molecule has 0 bridgehead atoms. The van der Waals surface area contributed by atoms with Gasteiger partial charge in [0.15, 0.2) is 0 Å². The van der Waals surface area contributed by atoms with Gasteiger partial charge in [-0.3, -0.25) is 9.55 Å². The molecule has 10 aromatic rings. The van der Waals surface area contributed by atoms with Crippen LogP contribution in [-0.4, -0.2) is 19.5 Å². The van der Waals surface area contributed by atoms with E-state index in [1.54, 1.807) is 0 Å². The zero-order valence-electron chi connectivity index (χ0n) is 24.6. The van der Waals surface area contributed by atoms with Crippen molar-refractivity contribution in [2.24, 2.45) is 0 Å². The largest absolute Gasteiger partial charge is 0.276 e. The van der Waals surface area contributed by atoms with Crippen molar-refractivity contribution in [3.05, 3.63) is 146 Å². The van der Waals surface area contributed by atoms with Gasteiger partial charge in [0, 0.05) is 38.0 Å². The number of benzene rings is 6. The predicted molar refractivity (Wildman–Crippen MR) is 193 cm³/mol. The first-order valence-electron chi connectivity index (χ1n) is 15.4. The number of hydrogen-bond acceptors (Lipinski definition) is 4. The van der Waals surface area contributed by atoms with Crippen molar-refractivity contribution >= 4 is 75.1 Å². The molecule has 46 heavy (non-hydrogen) atoms. The van der Waals surface area contributed by atoms with Gasteiger partial charge < -0.3 is 0 Å². The normalized spacial score (nSPS) is 11.9.